The van der Waals surface area contributed by atoms with Crippen LogP contribution in [-0.4, -0.2) is 15.8 Å². The summed E-state index contributed by atoms with van der Waals surface area (Å²) in [6.45, 7) is 3.62. The minimum atomic E-state index is -0.257. The molecule has 1 N–H and O–H groups in total. The molecule has 0 spiro atoms. The lowest BCUT2D eigenvalue weighted by Gasteiger charge is -2.27. The maximum absolute atomic E-state index is 12.5. The fraction of sp³-hybridized carbons (Fsp3) is 0.200. The molecule has 2 aromatic carbocycles. The lowest BCUT2D eigenvalue weighted by Crippen LogP contribution is -2.26. The van der Waals surface area contributed by atoms with Gasteiger partial charge < -0.3 is 14.2 Å². The number of carbonyl (C=O) groups excluding carboxylic acids is 1. The highest BCUT2D eigenvalue weighted by Crippen LogP contribution is 2.24. The van der Waals surface area contributed by atoms with Gasteiger partial charge in [-0.15, -0.1) is 0 Å². The van der Waals surface area contributed by atoms with Crippen molar-refractivity contribution in [2.45, 2.75) is 32.6 Å². The van der Waals surface area contributed by atoms with Gasteiger partial charge in [-0.2, -0.15) is 0 Å². The SMILES string of the molecule is CC(c1ccccc1)N(Cc1ccco1)Cc1nc(C(=O)NCc2ccccc2)co1. The van der Waals surface area contributed by atoms with Crippen molar-refractivity contribution < 1.29 is 13.6 Å². The molecule has 6 heteroatoms. The average molecular weight is 415 g/mol. The molecule has 1 atom stereocenters. The summed E-state index contributed by atoms with van der Waals surface area (Å²) >= 11 is 0. The Kier molecular flexibility index (Phi) is 6.59. The molecule has 6 nitrogen and oxygen atoms in total. The van der Waals surface area contributed by atoms with Crippen LogP contribution in [0.4, 0.5) is 0 Å². The first-order chi connectivity index (χ1) is 15.2. The normalized spacial score (nSPS) is 12.1. The molecule has 0 fully saturated rings. The first-order valence-electron chi connectivity index (χ1n) is 10.3. The summed E-state index contributed by atoms with van der Waals surface area (Å²) < 4.78 is 11.2. The Bertz CT molecular complexity index is 1080. The van der Waals surface area contributed by atoms with Gasteiger partial charge in [0.15, 0.2) is 5.69 Å². The number of carbonyl (C=O) groups is 1. The van der Waals surface area contributed by atoms with E-state index in [-0.39, 0.29) is 17.6 Å². The van der Waals surface area contributed by atoms with Crippen LogP contribution in [0.5, 0.6) is 0 Å². The first-order valence-corrected chi connectivity index (χ1v) is 10.3. The third-order valence-corrected chi connectivity index (χ3v) is 5.19. The molecule has 0 aliphatic carbocycles. The Hall–Kier alpha value is -3.64. The van der Waals surface area contributed by atoms with Gasteiger partial charge in [0.2, 0.25) is 5.89 Å². The fourth-order valence-corrected chi connectivity index (χ4v) is 3.41. The zero-order valence-electron chi connectivity index (χ0n) is 17.4. The van der Waals surface area contributed by atoms with Crippen molar-refractivity contribution in [3.63, 3.8) is 0 Å². The molecule has 0 radical (unpaired) electrons. The highest BCUT2D eigenvalue weighted by atomic mass is 16.3. The molecule has 0 bridgehead atoms. The lowest BCUT2D eigenvalue weighted by molar-refractivity contribution is 0.0945. The largest absolute Gasteiger partial charge is 0.468 e. The number of nitrogens with zero attached hydrogens (tertiary/aromatic N) is 2. The molecule has 0 saturated heterocycles. The first kappa shape index (κ1) is 20.6. The monoisotopic (exact) mass is 415 g/mol. The second-order valence-corrected chi connectivity index (χ2v) is 7.37. The van der Waals surface area contributed by atoms with Gasteiger partial charge in [0, 0.05) is 12.6 Å². The Balaban J connectivity index is 1.44. The summed E-state index contributed by atoms with van der Waals surface area (Å²) in [6.07, 6.45) is 3.08. The summed E-state index contributed by atoms with van der Waals surface area (Å²) in [6, 6.07) is 23.9. The number of hydrogen-bond donors (Lipinski definition) is 1. The van der Waals surface area contributed by atoms with E-state index < -0.39 is 0 Å². The molecule has 2 heterocycles. The van der Waals surface area contributed by atoms with E-state index in [1.54, 1.807) is 6.26 Å². The third kappa shape index (κ3) is 5.49. The van der Waals surface area contributed by atoms with Crippen LogP contribution in [0.2, 0.25) is 0 Å². The molecule has 0 aliphatic heterocycles. The van der Waals surface area contributed by atoms with Gasteiger partial charge in [0.25, 0.3) is 5.91 Å². The molecular formula is C25H25N3O3. The van der Waals surface area contributed by atoms with E-state index >= 15 is 0 Å². The zero-order chi connectivity index (χ0) is 21.5. The maximum atomic E-state index is 12.5. The second kappa shape index (κ2) is 9.91. The molecule has 31 heavy (non-hydrogen) atoms. The van der Waals surface area contributed by atoms with Crippen LogP contribution < -0.4 is 5.32 Å². The van der Waals surface area contributed by atoms with Gasteiger partial charge in [-0.25, -0.2) is 4.98 Å². The highest BCUT2D eigenvalue weighted by Gasteiger charge is 2.21. The van der Waals surface area contributed by atoms with Crippen molar-refractivity contribution in [2.75, 3.05) is 0 Å². The van der Waals surface area contributed by atoms with E-state index in [1.165, 1.54) is 11.8 Å². The quantitative estimate of drug-likeness (QED) is 0.418. The van der Waals surface area contributed by atoms with E-state index in [9.17, 15) is 4.79 Å². The van der Waals surface area contributed by atoms with Gasteiger partial charge in [0.1, 0.15) is 12.0 Å². The summed E-state index contributed by atoms with van der Waals surface area (Å²) in [7, 11) is 0. The topological polar surface area (TPSA) is 71.5 Å². The van der Waals surface area contributed by atoms with Crippen LogP contribution in [-0.2, 0) is 19.6 Å². The van der Waals surface area contributed by atoms with E-state index in [0.29, 0.717) is 25.5 Å². The zero-order valence-corrected chi connectivity index (χ0v) is 17.4. The summed E-state index contributed by atoms with van der Waals surface area (Å²) in [5.74, 6) is 1.09. The van der Waals surface area contributed by atoms with Gasteiger partial charge >= 0.3 is 0 Å². The summed E-state index contributed by atoms with van der Waals surface area (Å²) in [5.41, 5.74) is 2.48. The number of rotatable bonds is 9. The fourth-order valence-electron chi connectivity index (χ4n) is 3.41. The van der Waals surface area contributed by atoms with Crippen LogP contribution in [0.15, 0.2) is 94.2 Å². The summed E-state index contributed by atoms with van der Waals surface area (Å²) in [4.78, 5) is 19.1. The minimum absolute atomic E-state index is 0.105. The van der Waals surface area contributed by atoms with Crippen molar-refractivity contribution in [3.8, 4) is 0 Å². The molecule has 0 aliphatic rings. The molecule has 2 aromatic heterocycles. The molecular weight excluding hydrogens is 390 g/mol. The van der Waals surface area contributed by atoms with Crippen molar-refractivity contribution in [2.24, 2.45) is 0 Å². The van der Waals surface area contributed by atoms with E-state index in [0.717, 1.165) is 11.3 Å². The van der Waals surface area contributed by atoms with Gasteiger partial charge in [-0.3, -0.25) is 9.69 Å². The van der Waals surface area contributed by atoms with Crippen LogP contribution in [0.3, 0.4) is 0 Å². The Labute approximate surface area is 181 Å². The van der Waals surface area contributed by atoms with Crippen molar-refractivity contribution in [3.05, 3.63) is 114 Å². The van der Waals surface area contributed by atoms with Crippen LogP contribution >= 0.6 is 0 Å². The number of hydrogen-bond acceptors (Lipinski definition) is 5. The standard InChI is InChI=1S/C25H25N3O3/c1-19(21-11-6-3-7-12-21)28(16-22-13-8-14-30-22)17-24-27-23(18-31-24)25(29)26-15-20-9-4-2-5-10-20/h2-14,18-19H,15-17H2,1H3,(H,26,29). The highest BCUT2D eigenvalue weighted by molar-refractivity contribution is 5.91. The van der Waals surface area contributed by atoms with Gasteiger partial charge in [-0.05, 0) is 30.2 Å². The van der Waals surface area contributed by atoms with Gasteiger partial charge in [-0.1, -0.05) is 60.7 Å². The molecule has 0 saturated carbocycles. The van der Waals surface area contributed by atoms with Crippen molar-refractivity contribution in [1.29, 1.82) is 0 Å². The number of amides is 1. The van der Waals surface area contributed by atoms with Gasteiger partial charge in [0.05, 0.1) is 19.4 Å². The molecule has 1 amide bonds. The molecule has 1 unspecified atom stereocenters. The third-order valence-electron chi connectivity index (χ3n) is 5.19. The molecule has 158 valence electrons. The minimum Gasteiger partial charge on any atom is -0.468 e. The van der Waals surface area contributed by atoms with Crippen LogP contribution in [0, 0.1) is 0 Å². The second-order valence-electron chi connectivity index (χ2n) is 7.37. The summed E-state index contributed by atoms with van der Waals surface area (Å²) in [5, 5.41) is 2.88. The maximum Gasteiger partial charge on any atom is 0.273 e. The Morgan fingerprint density at radius 2 is 1.71 bits per heavy atom. The number of oxazole rings is 1. The smallest absolute Gasteiger partial charge is 0.273 e. The number of benzene rings is 2. The number of furan rings is 1. The van der Waals surface area contributed by atoms with E-state index in [4.69, 9.17) is 8.83 Å². The number of aromatic nitrogens is 1. The predicted molar refractivity (Wildman–Crippen MR) is 117 cm³/mol. The van der Waals surface area contributed by atoms with E-state index in [1.807, 2.05) is 60.7 Å². The molecule has 4 rings (SSSR count). The van der Waals surface area contributed by atoms with Crippen molar-refractivity contribution >= 4 is 5.91 Å². The average Bonchev–Trinajstić information content (AvgIpc) is 3.50. The van der Waals surface area contributed by atoms with E-state index in [2.05, 4.69) is 34.3 Å². The number of nitrogens with one attached hydrogen (secondary N) is 1. The van der Waals surface area contributed by atoms with Crippen LogP contribution in [0.25, 0.3) is 0 Å². The van der Waals surface area contributed by atoms with Crippen molar-refractivity contribution in [1.82, 2.24) is 15.2 Å². The predicted octanol–water partition coefficient (Wildman–Crippen LogP) is 4.96. The lowest BCUT2D eigenvalue weighted by atomic mass is 10.1. The Morgan fingerprint density at radius 1 is 0.968 bits per heavy atom. The molecule has 4 aromatic rings. The Morgan fingerprint density at radius 3 is 2.42 bits per heavy atom. The van der Waals surface area contributed by atoms with Crippen LogP contribution in [0.1, 0.15) is 46.2 Å².